The molecule has 0 fully saturated rings. The minimum atomic E-state index is 0.209. The largest absolute Gasteiger partial charge is 0.339 e. The van der Waals surface area contributed by atoms with Gasteiger partial charge >= 0.3 is 0 Å². The number of carbonyl (C=O) groups is 1. The summed E-state index contributed by atoms with van der Waals surface area (Å²) in [6, 6.07) is 9.70. The third kappa shape index (κ3) is 3.98. The van der Waals surface area contributed by atoms with Gasteiger partial charge in [0.25, 0.3) is 0 Å². The Morgan fingerprint density at radius 3 is 2.93 bits per heavy atom. The molecule has 0 bridgehead atoms. The highest BCUT2D eigenvalue weighted by Crippen LogP contribution is 2.35. The Hall–Kier alpha value is -2.18. The summed E-state index contributed by atoms with van der Waals surface area (Å²) in [4.78, 5) is 20.7. The van der Waals surface area contributed by atoms with Crippen molar-refractivity contribution in [2.24, 2.45) is 0 Å². The van der Waals surface area contributed by atoms with Gasteiger partial charge < -0.3 is 9.42 Å². The number of hydrogen-bond donors (Lipinski definition) is 0. The highest BCUT2D eigenvalue weighted by atomic mass is 35.5. The Balaban J connectivity index is 1.33. The molecule has 1 aliphatic heterocycles. The van der Waals surface area contributed by atoms with Gasteiger partial charge in [0.1, 0.15) is 0 Å². The molecule has 5 nitrogen and oxygen atoms in total. The molecule has 28 heavy (non-hydrogen) atoms. The van der Waals surface area contributed by atoms with Crippen LogP contribution in [0.1, 0.15) is 48.6 Å². The summed E-state index contributed by atoms with van der Waals surface area (Å²) in [6.07, 6.45) is 3.70. The van der Waals surface area contributed by atoms with Crippen molar-refractivity contribution in [3.8, 4) is 11.4 Å². The van der Waals surface area contributed by atoms with Crippen molar-refractivity contribution in [2.75, 3.05) is 6.54 Å². The summed E-state index contributed by atoms with van der Waals surface area (Å²) in [5.74, 6) is 1.31. The minimum absolute atomic E-state index is 0.209. The number of halogens is 1. The average Bonchev–Trinajstić information content (AvgIpc) is 3.37. The van der Waals surface area contributed by atoms with Gasteiger partial charge in [-0.05, 0) is 60.5 Å². The van der Waals surface area contributed by atoms with Crippen LogP contribution in [-0.2, 0) is 17.6 Å². The lowest BCUT2D eigenvalue weighted by Gasteiger charge is -2.35. The van der Waals surface area contributed by atoms with Crippen molar-refractivity contribution in [1.29, 1.82) is 0 Å². The monoisotopic (exact) mass is 415 g/mol. The van der Waals surface area contributed by atoms with E-state index < -0.39 is 0 Å². The highest BCUT2D eigenvalue weighted by molar-refractivity contribution is 7.10. The van der Waals surface area contributed by atoms with Crippen LogP contribution in [0.15, 0.2) is 40.2 Å². The first-order chi connectivity index (χ1) is 13.7. The fourth-order valence-electron chi connectivity index (χ4n) is 3.74. The number of amides is 1. The van der Waals surface area contributed by atoms with Crippen LogP contribution >= 0.6 is 22.9 Å². The molecular weight excluding hydrogens is 394 g/mol. The molecule has 0 saturated heterocycles. The Bertz CT molecular complexity index is 951. The second kappa shape index (κ2) is 8.45. The van der Waals surface area contributed by atoms with Crippen LogP contribution in [0.4, 0.5) is 0 Å². The topological polar surface area (TPSA) is 59.2 Å². The van der Waals surface area contributed by atoms with Crippen LogP contribution in [0.3, 0.4) is 0 Å². The van der Waals surface area contributed by atoms with E-state index in [1.807, 2.05) is 17.0 Å². The van der Waals surface area contributed by atoms with Gasteiger partial charge in [0.05, 0.1) is 6.04 Å². The molecule has 3 heterocycles. The number of nitrogens with zero attached hydrogens (tertiary/aromatic N) is 3. The first-order valence-corrected chi connectivity index (χ1v) is 10.9. The fourth-order valence-corrected chi connectivity index (χ4v) is 4.80. The summed E-state index contributed by atoms with van der Waals surface area (Å²) < 4.78 is 5.34. The first kappa shape index (κ1) is 19.2. The number of fused-ring (bicyclic) bond motifs is 1. The van der Waals surface area contributed by atoms with Crippen molar-refractivity contribution in [3.05, 3.63) is 57.1 Å². The predicted molar refractivity (Wildman–Crippen MR) is 110 cm³/mol. The van der Waals surface area contributed by atoms with Crippen molar-refractivity contribution in [2.45, 2.75) is 45.1 Å². The number of carbonyl (C=O) groups excluding carboxylic acids is 1. The van der Waals surface area contributed by atoms with Gasteiger partial charge in [-0.2, -0.15) is 4.98 Å². The Labute approximate surface area is 173 Å². The molecule has 146 valence electrons. The molecule has 1 atom stereocenters. The number of aromatic nitrogens is 2. The van der Waals surface area contributed by atoms with E-state index in [9.17, 15) is 4.79 Å². The number of hydrogen-bond acceptors (Lipinski definition) is 5. The number of thiophene rings is 1. The fraction of sp³-hybridized carbons (Fsp3) is 0.381. The standard InChI is InChI=1S/C21H22ClN3O2S/c1-2-17-16-11-13-28-18(16)10-12-25(17)20(26)5-3-4-19-23-21(24-27-19)14-6-8-15(22)9-7-14/h6-9,11,13,17H,2-5,10,12H2,1H3. The molecule has 0 spiro atoms. The summed E-state index contributed by atoms with van der Waals surface area (Å²) in [5, 5.41) is 6.83. The molecule has 1 unspecified atom stereocenters. The summed E-state index contributed by atoms with van der Waals surface area (Å²) >= 11 is 7.71. The van der Waals surface area contributed by atoms with E-state index in [1.165, 1.54) is 10.4 Å². The van der Waals surface area contributed by atoms with Crippen LogP contribution in [0.25, 0.3) is 11.4 Å². The van der Waals surface area contributed by atoms with Crippen molar-refractivity contribution in [3.63, 3.8) is 0 Å². The van der Waals surface area contributed by atoms with E-state index in [2.05, 4.69) is 28.5 Å². The van der Waals surface area contributed by atoms with Crippen molar-refractivity contribution in [1.82, 2.24) is 15.0 Å². The van der Waals surface area contributed by atoms with Gasteiger partial charge in [0.15, 0.2) is 0 Å². The van der Waals surface area contributed by atoms with Gasteiger partial charge in [0, 0.05) is 34.8 Å². The minimum Gasteiger partial charge on any atom is -0.339 e. The lowest BCUT2D eigenvalue weighted by atomic mass is 9.97. The third-order valence-electron chi connectivity index (χ3n) is 5.15. The zero-order chi connectivity index (χ0) is 19.5. The second-order valence-corrected chi connectivity index (χ2v) is 8.37. The van der Waals surface area contributed by atoms with Gasteiger partial charge in [-0.3, -0.25) is 4.79 Å². The number of rotatable bonds is 6. The quantitative estimate of drug-likeness (QED) is 0.547. The molecule has 3 aromatic rings. The summed E-state index contributed by atoms with van der Waals surface area (Å²) in [7, 11) is 0. The lowest BCUT2D eigenvalue weighted by molar-refractivity contribution is -0.134. The predicted octanol–water partition coefficient (Wildman–Crippen LogP) is 5.31. The Morgan fingerprint density at radius 1 is 1.32 bits per heavy atom. The maximum atomic E-state index is 12.8. The Kier molecular flexibility index (Phi) is 5.78. The van der Waals surface area contributed by atoms with E-state index >= 15 is 0 Å². The maximum Gasteiger partial charge on any atom is 0.226 e. The van der Waals surface area contributed by atoms with E-state index in [0.29, 0.717) is 36.0 Å². The molecule has 2 aromatic heterocycles. The third-order valence-corrected chi connectivity index (χ3v) is 6.40. The second-order valence-electron chi connectivity index (χ2n) is 6.93. The van der Waals surface area contributed by atoms with Gasteiger partial charge in [0.2, 0.25) is 17.6 Å². The molecule has 0 saturated carbocycles. The van der Waals surface area contributed by atoms with Crippen molar-refractivity contribution >= 4 is 28.8 Å². The van der Waals surface area contributed by atoms with Crippen LogP contribution in [0.5, 0.6) is 0 Å². The Morgan fingerprint density at radius 2 is 2.14 bits per heavy atom. The van der Waals surface area contributed by atoms with E-state index in [4.69, 9.17) is 16.1 Å². The molecule has 1 amide bonds. The van der Waals surface area contributed by atoms with Crippen LogP contribution in [0.2, 0.25) is 5.02 Å². The average molecular weight is 416 g/mol. The van der Waals surface area contributed by atoms with Crippen molar-refractivity contribution < 1.29 is 9.32 Å². The summed E-state index contributed by atoms with van der Waals surface area (Å²) in [5.41, 5.74) is 2.19. The molecule has 4 rings (SSSR count). The maximum absolute atomic E-state index is 12.8. The number of benzene rings is 1. The van der Waals surface area contributed by atoms with Crippen LogP contribution in [0, 0.1) is 0 Å². The molecule has 1 aliphatic rings. The molecule has 0 aliphatic carbocycles. The van der Waals surface area contributed by atoms with E-state index in [0.717, 1.165) is 24.9 Å². The number of aryl methyl sites for hydroxylation is 1. The molecule has 1 aromatic carbocycles. The zero-order valence-corrected chi connectivity index (χ0v) is 17.3. The highest BCUT2D eigenvalue weighted by Gasteiger charge is 2.29. The molecule has 7 heteroatoms. The SMILES string of the molecule is CCC1c2ccsc2CCN1C(=O)CCCc1nc(-c2ccc(Cl)cc2)no1. The first-order valence-electron chi connectivity index (χ1n) is 9.60. The van der Waals surface area contributed by atoms with Crippen LogP contribution in [-0.4, -0.2) is 27.5 Å². The molecule has 0 N–H and O–H groups in total. The molecule has 0 radical (unpaired) electrons. The smallest absolute Gasteiger partial charge is 0.226 e. The lowest BCUT2D eigenvalue weighted by Crippen LogP contribution is -2.39. The van der Waals surface area contributed by atoms with E-state index in [1.54, 1.807) is 23.5 Å². The molecular formula is C21H22ClN3O2S. The van der Waals surface area contributed by atoms with Gasteiger partial charge in [-0.1, -0.05) is 23.7 Å². The van der Waals surface area contributed by atoms with Gasteiger partial charge in [-0.15, -0.1) is 11.3 Å². The van der Waals surface area contributed by atoms with Crippen LogP contribution < -0.4 is 0 Å². The van der Waals surface area contributed by atoms with Gasteiger partial charge in [-0.25, -0.2) is 0 Å². The summed E-state index contributed by atoms with van der Waals surface area (Å²) in [6.45, 7) is 2.96. The zero-order valence-electron chi connectivity index (χ0n) is 15.7. The normalized spacial score (nSPS) is 16.2. The van der Waals surface area contributed by atoms with E-state index in [-0.39, 0.29) is 11.9 Å².